The van der Waals surface area contributed by atoms with Crippen LogP contribution in [0.25, 0.3) is 16.6 Å². The smallest absolute Gasteiger partial charge is 0.316 e. The van der Waals surface area contributed by atoms with E-state index < -0.39 is 0 Å². The minimum atomic E-state index is -0.293. The van der Waals surface area contributed by atoms with Crippen LogP contribution in [0.1, 0.15) is 0 Å². The number of ether oxygens (including phenoxy) is 2. The Kier molecular flexibility index (Phi) is 4.55. The predicted molar refractivity (Wildman–Crippen MR) is 84.1 cm³/mol. The summed E-state index contributed by atoms with van der Waals surface area (Å²) in [5, 5.41) is 10.1. The van der Waals surface area contributed by atoms with E-state index in [4.69, 9.17) is 9.47 Å². The van der Waals surface area contributed by atoms with Crippen LogP contribution in [-0.4, -0.2) is 46.6 Å². The first-order chi connectivity index (χ1) is 10.8. The van der Waals surface area contributed by atoms with Crippen LogP contribution in [0.2, 0.25) is 0 Å². The van der Waals surface area contributed by atoms with Gasteiger partial charge in [-0.2, -0.15) is 0 Å². The number of benzene rings is 1. The van der Waals surface area contributed by atoms with Gasteiger partial charge in [0.1, 0.15) is 6.61 Å². The molecule has 2 heterocycles. The second-order valence-corrected chi connectivity index (χ2v) is 5.51. The molecule has 0 N–H and O–H groups in total. The zero-order valence-electron chi connectivity index (χ0n) is 12.1. The maximum absolute atomic E-state index is 11.7. The van der Waals surface area contributed by atoms with Crippen LogP contribution in [0.15, 0.2) is 41.6 Å². The zero-order valence-corrected chi connectivity index (χ0v) is 12.9. The average molecular weight is 317 g/mol. The van der Waals surface area contributed by atoms with Crippen LogP contribution in [0.4, 0.5) is 0 Å². The van der Waals surface area contributed by atoms with E-state index in [0.29, 0.717) is 11.8 Å². The summed E-state index contributed by atoms with van der Waals surface area (Å²) in [7, 11) is 1.57. The third kappa shape index (κ3) is 3.05. The summed E-state index contributed by atoms with van der Waals surface area (Å²) in [6, 6.07) is 11.9. The highest BCUT2D eigenvalue weighted by molar-refractivity contribution is 7.99. The largest absolute Gasteiger partial charge is 0.463 e. The second-order valence-electron chi connectivity index (χ2n) is 4.57. The molecule has 1 aromatic carbocycles. The lowest BCUT2D eigenvalue weighted by Crippen LogP contribution is -2.11. The lowest BCUT2D eigenvalue weighted by Gasteiger charge is -2.05. The van der Waals surface area contributed by atoms with Crippen molar-refractivity contribution in [2.45, 2.75) is 5.16 Å². The maximum Gasteiger partial charge on any atom is 0.316 e. The van der Waals surface area contributed by atoms with Gasteiger partial charge < -0.3 is 9.47 Å². The summed E-state index contributed by atoms with van der Waals surface area (Å²) in [5.41, 5.74) is 1.77. The summed E-state index contributed by atoms with van der Waals surface area (Å²) in [6.07, 6.45) is 0. The normalized spacial score (nSPS) is 11.1. The molecule has 0 spiro atoms. The highest BCUT2D eigenvalue weighted by Crippen LogP contribution is 2.23. The van der Waals surface area contributed by atoms with Crippen molar-refractivity contribution in [2.75, 3.05) is 26.1 Å². The van der Waals surface area contributed by atoms with Crippen LogP contribution in [0.3, 0.4) is 0 Å². The number of carbonyl (C=O) groups is 1. The van der Waals surface area contributed by atoms with Crippen LogP contribution < -0.4 is 0 Å². The third-order valence-electron chi connectivity index (χ3n) is 3.12. The molecule has 0 aliphatic rings. The minimum Gasteiger partial charge on any atom is -0.463 e. The Hall–Kier alpha value is -2.12. The van der Waals surface area contributed by atoms with Crippen molar-refractivity contribution in [1.82, 2.24) is 14.6 Å². The second kappa shape index (κ2) is 6.76. The molecule has 6 nitrogen and oxygen atoms in total. The van der Waals surface area contributed by atoms with E-state index in [1.807, 2.05) is 40.8 Å². The van der Waals surface area contributed by atoms with Crippen LogP contribution in [0.5, 0.6) is 0 Å². The molecule has 0 unspecified atom stereocenters. The maximum atomic E-state index is 11.7. The van der Waals surface area contributed by atoms with Crippen LogP contribution >= 0.6 is 11.8 Å². The Labute approximate surface area is 131 Å². The Balaban J connectivity index is 1.79. The summed E-state index contributed by atoms with van der Waals surface area (Å²) in [4.78, 5) is 11.7. The molecule has 0 bridgehead atoms. The van der Waals surface area contributed by atoms with Gasteiger partial charge >= 0.3 is 5.97 Å². The Bertz CT molecular complexity index is 803. The first-order valence-corrected chi connectivity index (χ1v) is 7.78. The number of methoxy groups -OCH3 is 1. The number of rotatable bonds is 6. The van der Waals surface area contributed by atoms with Gasteiger partial charge in [0.25, 0.3) is 0 Å². The SMILES string of the molecule is COCCOC(=O)CSc1nnc2ccc3ccccc3n12. The fourth-order valence-corrected chi connectivity index (χ4v) is 2.86. The number of para-hydroxylation sites is 1. The van der Waals surface area contributed by atoms with Gasteiger partial charge in [0, 0.05) is 7.11 Å². The molecule has 2 aromatic heterocycles. The number of nitrogens with zero attached hydrogens (tertiary/aromatic N) is 3. The number of fused-ring (bicyclic) bond motifs is 3. The number of hydrogen-bond donors (Lipinski definition) is 0. The van der Waals surface area contributed by atoms with Crippen molar-refractivity contribution in [1.29, 1.82) is 0 Å². The predicted octanol–water partition coefficient (Wildman–Crippen LogP) is 2.16. The van der Waals surface area contributed by atoms with Gasteiger partial charge in [-0.3, -0.25) is 9.20 Å². The topological polar surface area (TPSA) is 65.7 Å². The van der Waals surface area contributed by atoms with Crippen molar-refractivity contribution >= 4 is 34.3 Å². The molecular weight excluding hydrogens is 302 g/mol. The summed E-state index contributed by atoms with van der Waals surface area (Å²) in [6.45, 7) is 0.661. The fourth-order valence-electron chi connectivity index (χ4n) is 2.11. The first kappa shape index (κ1) is 14.8. The van der Waals surface area contributed by atoms with E-state index in [1.54, 1.807) is 7.11 Å². The molecule has 0 aliphatic heterocycles. The first-order valence-electron chi connectivity index (χ1n) is 6.80. The lowest BCUT2D eigenvalue weighted by molar-refractivity contribution is -0.141. The number of carbonyl (C=O) groups excluding carboxylic acids is 1. The summed E-state index contributed by atoms with van der Waals surface area (Å²) in [5.74, 6) is -0.104. The molecule has 3 rings (SSSR count). The fraction of sp³-hybridized carbons (Fsp3) is 0.267. The van der Waals surface area contributed by atoms with Crippen molar-refractivity contribution < 1.29 is 14.3 Å². The minimum absolute atomic E-state index is 0.188. The van der Waals surface area contributed by atoms with Gasteiger partial charge in [0.2, 0.25) is 0 Å². The lowest BCUT2D eigenvalue weighted by atomic mass is 10.2. The number of thioether (sulfide) groups is 1. The van der Waals surface area contributed by atoms with Crippen molar-refractivity contribution in [2.24, 2.45) is 0 Å². The zero-order chi connectivity index (χ0) is 15.4. The Morgan fingerprint density at radius 1 is 1.18 bits per heavy atom. The molecule has 7 heteroatoms. The van der Waals surface area contributed by atoms with Gasteiger partial charge in [0.05, 0.1) is 17.9 Å². The molecule has 114 valence electrons. The molecule has 22 heavy (non-hydrogen) atoms. The molecule has 0 atom stereocenters. The third-order valence-corrected chi connectivity index (χ3v) is 4.02. The van der Waals surface area contributed by atoms with Gasteiger partial charge in [-0.25, -0.2) is 0 Å². The van der Waals surface area contributed by atoms with Gasteiger partial charge in [-0.1, -0.05) is 30.0 Å². The summed E-state index contributed by atoms with van der Waals surface area (Å²) < 4.78 is 11.8. The summed E-state index contributed by atoms with van der Waals surface area (Å²) >= 11 is 1.31. The van der Waals surface area contributed by atoms with Crippen LogP contribution in [-0.2, 0) is 14.3 Å². The van der Waals surface area contributed by atoms with E-state index >= 15 is 0 Å². The van der Waals surface area contributed by atoms with E-state index in [2.05, 4.69) is 10.2 Å². The Morgan fingerprint density at radius 2 is 2.05 bits per heavy atom. The van der Waals surface area contributed by atoms with Gasteiger partial charge in [-0.15, -0.1) is 10.2 Å². The van der Waals surface area contributed by atoms with Crippen LogP contribution in [0, 0.1) is 0 Å². The molecule has 0 saturated carbocycles. The monoisotopic (exact) mass is 317 g/mol. The number of esters is 1. The molecule has 0 saturated heterocycles. The number of pyridine rings is 1. The van der Waals surface area contributed by atoms with E-state index in [1.165, 1.54) is 11.8 Å². The highest BCUT2D eigenvalue weighted by atomic mass is 32.2. The standard InChI is InChI=1S/C15H15N3O3S/c1-20-8-9-21-14(19)10-22-15-17-16-13-7-6-11-4-2-3-5-12(11)18(13)15/h2-7H,8-10H2,1H3. The van der Waals surface area contributed by atoms with E-state index in [0.717, 1.165) is 16.6 Å². The number of aromatic nitrogens is 3. The molecular formula is C15H15N3O3S. The van der Waals surface area contributed by atoms with Crippen molar-refractivity contribution in [3.05, 3.63) is 36.4 Å². The molecule has 0 fully saturated rings. The van der Waals surface area contributed by atoms with Gasteiger partial charge in [-0.05, 0) is 23.6 Å². The average Bonchev–Trinajstić information content (AvgIpc) is 2.97. The Morgan fingerprint density at radius 3 is 2.91 bits per heavy atom. The number of hydrogen-bond acceptors (Lipinski definition) is 6. The molecule has 3 aromatic rings. The van der Waals surface area contributed by atoms with E-state index in [-0.39, 0.29) is 18.3 Å². The molecule has 0 aliphatic carbocycles. The van der Waals surface area contributed by atoms with Crippen molar-refractivity contribution in [3.63, 3.8) is 0 Å². The van der Waals surface area contributed by atoms with Gasteiger partial charge in [0.15, 0.2) is 10.8 Å². The van der Waals surface area contributed by atoms with Crippen molar-refractivity contribution in [3.8, 4) is 0 Å². The molecule has 0 radical (unpaired) electrons. The molecule has 0 amide bonds. The quantitative estimate of drug-likeness (QED) is 0.394. The highest BCUT2D eigenvalue weighted by Gasteiger charge is 2.12. The van der Waals surface area contributed by atoms with E-state index in [9.17, 15) is 4.79 Å².